The summed E-state index contributed by atoms with van der Waals surface area (Å²) < 4.78 is 33.7. The number of hydrogen-bond donors (Lipinski definition) is 0. The van der Waals surface area contributed by atoms with E-state index < -0.39 is 33.3 Å². The van der Waals surface area contributed by atoms with Crippen molar-refractivity contribution in [2.24, 2.45) is 10.8 Å². The van der Waals surface area contributed by atoms with Crippen LogP contribution < -0.4 is 0 Å². The minimum atomic E-state index is -3.83. The van der Waals surface area contributed by atoms with Gasteiger partial charge in [-0.25, -0.2) is 13.2 Å². The van der Waals surface area contributed by atoms with E-state index in [2.05, 4.69) is 20.8 Å². The number of carbonyl (C=O) groups excluding carboxylic acids is 2. The van der Waals surface area contributed by atoms with E-state index in [4.69, 9.17) is 4.74 Å². The number of ketones is 1. The molecule has 1 aliphatic carbocycles. The van der Waals surface area contributed by atoms with E-state index in [0.717, 1.165) is 25.3 Å². The maximum Gasteiger partial charge on any atom is 0.338 e. The number of Topliss-reactive ketones (excluding diaryl/α,β-unsaturated/α-hetero) is 1. The minimum absolute atomic E-state index is 0.00548. The highest BCUT2D eigenvalue weighted by Gasteiger charge is 2.53. The second-order valence-corrected chi connectivity index (χ2v) is 12.5. The van der Waals surface area contributed by atoms with Gasteiger partial charge in [0.05, 0.1) is 15.4 Å². The fraction of sp³-hybridized carbons (Fsp3) is 0.440. The van der Waals surface area contributed by atoms with Gasteiger partial charge in [0, 0.05) is 30.3 Å². The highest BCUT2D eigenvalue weighted by molar-refractivity contribution is 7.89. The molecule has 9 nitrogen and oxygen atoms in total. The lowest BCUT2D eigenvalue weighted by atomic mass is 9.65. The molecule has 0 amide bonds. The summed E-state index contributed by atoms with van der Waals surface area (Å²) in [7, 11) is -3.83. The van der Waals surface area contributed by atoms with Crippen LogP contribution in [-0.2, 0) is 14.8 Å². The number of nitrogens with zero attached hydrogens (tertiary/aromatic N) is 2. The van der Waals surface area contributed by atoms with E-state index in [0.29, 0.717) is 6.54 Å². The fourth-order valence-electron chi connectivity index (χ4n) is 5.70. The molecule has 2 unspecified atom stereocenters. The Labute approximate surface area is 204 Å². The van der Waals surface area contributed by atoms with Gasteiger partial charge in [-0.15, -0.1) is 0 Å². The summed E-state index contributed by atoms with van der Waals surface area (Å²) in [5, 5.41) is 10.9. The summed E-state index contributed by atoms with van der Waals surface area (Å²) >= 11 is 0. The molecule has 2 aromatic carbocycles. The van der Waals surface area contributed by atoms with Crippen LogP contribution >= 0.6 is 0 Å². The molecule has 186 valence electrons. The summed E-state index contributed by atoms with van der Waals surface area (Å²) in [6.07, 6.45) is 2.55. The van der Waals surface area contributed by atoms with E-state index in [9.17, 15) is 28.1 Å². The van der Waals surface area contributed by atoms with Gasteiger partial charge < -0.3 is 4.74 Å². The molecule has 0 N–H and O–H groups in total. The Balaban J connectivity index is 1.48. The average molecular weight is 501 g/mol. The van der Waals surface area contributed by atoms with Gasteiger partial charge in [-0.05, 0) is 48.3 Å². The number of fused-ring (bicyclic) bond motifs is 2. The normalized spacial score (nSPS) is 23.6. The van der Waals surface area contributed by atoms with E-state index in [1.807, 2.05) is 0 Å². The molecule has 2 aromatic rings. The molecule has 4 rings (SSSR count). The van der Waals surface area contributed by atoms with Crippen LogP contribution in [0.5, 0.6) is 0 Å². The number of esters is 1. The van der Waals surface area contributed by atoms with E-state index >= 15 is 0 Å². The number of nitro groups is 1. The van der Waals surface area contributed by atoms with Gasteiger partial charge >= 0.3 is 5.97 Å². The largest absolute Gasteiger partial charge is 0.454 e. The van der Waals surface area contributed by atoms with Gasteiger partial charge in [-0.1, -0.05) is 39.0 Å². The van der Waals surface area contributed by atoms with Gasteiger partial charge in [0.25, 0.3) is 5.69 Å². The molecular formula is C25H28N2O7S. The van der Waals surface area contributed by atoms with Crippen LogP contribution in [0.25, 0.3) is 0 Å². The molecule has 35 heavy (non-hydrogen) atoms. The zero-order chi connectivity index (χ0) is 25.6. The number of ether oxygens (including phenoxy) is 1. The number of carbonyl (C=O) groups is 2. The Hall–Kier alpha value is -3.11. The highest BCUT2D eigenvalue weighted by Crippen LogP contribution is 2.53. The third kappa shape index (κ3) is 5.13. The topological polar surface area (TPSA) is 124 Å². The number of rotatable bonds is 7. The van der Waals surface area contributed by atoms with Crippen molar-refractivity contribution in [3.63, 3.8) is 0 Å². The Morgan fingerprint density at radius 1 is 1.09 bits per heavy atom. The van der Waals surface area contributed by atoms with Crippen molar-refractivity contribution < 1.29 is 27.7 Å². The van der Waals surface area contributed by atoms with Gasteiger partial charge in [-0.2, -0.15) is 4.31 Å². The second-order valence-electron chi connectivity index (χ2n) is 10.6. The lowest BCUT2D eigenvalue weighted by Crippen LogP contribution is -2.37. The van der Waals surface area contributed by atoms with Crippen LogP contribution in [0.4, 0.5) is 5.69 Å². The molecule has 2 aliphatic rings. The first-order valence-corrected chi connectivity index (χ1v) is 12.8. The maximum absolute atomic E-state index is 13.5. The molecule has 0 spiro atoms. The standard InChI is InChI=1S/C25H28N2O7S/c1-24(2)12-20-13-25(3,15-24)16-26(20)35(32,33)21-9-5-7-18(11-21)23(29)34-14-22(28)17-6-4-8-19(10-17)27(30)31/h4-11,20H,12-16H2,1-3H3. The van der Waals surface area contributed by atoms with E-state index in [-0.39, 0.29) is 38.6 Å². The number of sulfonamides is 1. The van der Waals surface area contributed by atoms with Crippen molar-refractivity contribution in [2.75, 3.05) is 13.2 Å². The monoisotopic (exact) mass is 500 g/mol. The average Bonchev–Trinajstić information content (AvgIpc) is 3.06. The maximum atomic E-state index is 13.5. The SMILES string of the molecule is CC1(C)CC2CC(C)(CN2S(=O)(=O)c2cccc(C(=O)OCC(=O)c3cccc([N+](=O)[O-])c3)c2)C1. The second kappa shape index (κ2) is 8.83. The van der Waals surface area contributed by atoms with Gasteiger partial charge in [0.2, 0.25) is 15.8 Å². The summed E-state index contributed by atoms with van der Waals surface area (Å²) in [6, 6.07) is 10.7. The number of hydrogen-bond acceptors (Lipinski definition) is 7. The Morgan fingerprint density at radius 3 is 2.49 bits per heavy atom. The Kier molecular flexibility index (Phi) is 6.31. The van der Waals surface area contributed by atoms with Crippen LogP contribution in [-0.4, -0.2) is 48.6 Å². The smallest absolute Gasteiger partial charge is 0.338 e. The summed E-state index contributed by atoms with van der Waals surface area (Å²) in [5.74, 6) is -1.46. The Bertz CT molecular complexity index is 1300. The van der Waals surface area contributed by atoms with Crippen LogP contribution in [0, 0.1) is 20.9 Å². The van der Waals surface area contributed by atoms with E-state index in [1.54, 1.807) is 4.31 Å². The molecule has 1 saturated heterocycles. The third-order valence-corrected chi connectivity index (χ3v) is 8.65. The van der Waals surface area contributed by atoms with Crippen molar-refractivity contribution in [3.05, 3.63) is 69.8 Å². The van der Waals surface area contributed by atoms with Crippen molar-refractivity contribution in [1.29, 1.82) is 0 Å². The number of non-ortho nitro benzene ring substituents is 1. The van der Waals surface area contributed by atoms with Crippen LogP contribution in [0.3, 0.4) is 0 Å². The third-order valence-electron chi connectivity index (χ3n) is 6.76. The quantitative estimate of drug-likeness (QED) is 0.241. The lowest BCUT2D eigenvalue weighted by molar-refractivity contribution is -0.384. The van der Waals surface area contributed by atoms with Crippen molar-refractivity contribution in [1.82, 2.24) is 4.31 Å². The van der Waals surface area contributed by atoms with Gasteiger partial charge in [0.1, 0.15) is 0 Å². The summed E-state index contributed by atoms with van der Waals surface area (Å²) in [4.78, 5) is 35.2. The van der Waals surface area contributed by atoms with Crippen LogP contribution in [0.15, 0.2) is 53.4 Å². The van der Waals surface area contributed by atoms with E-state index in [1.165, 1.54) is 42.5 Å². The molecule has 10 heteroatoms. The molecule has 0 radical (unpaired) electrons. The minimum Gasteiger partial charge on any atom is -0.454 e. The molecule has 1 heterocycles. The van der Waals surface area contributed by atoms with Crippen LogP contribution in [0.2, 0.25) is 0 Å². The van der Waals surface area contributed by atoms with Gasteiger partial charge in [0.15, 0.2) is 6.61 Å². The van der Waals surface area contributed by atoms with Crippen molar-refractivity contribution in [2.45, 2.75) is 51.0 Å². The summed E-state index contributed by atoms with van der Waals surface area (Å²) in [6.45, 7) is 6.27. The predicted octanol–water partition coefficient (Wildman–Crippen LogP) is 4.22. The zero-order valence-corrected chi connectivity index (χ0v) is 20.7. The zero-order valence-electron chi connectivity index (χ0n) is 19.9. The fourth-order valence-corrected chi connectivity index (χ4v) is 7.52. The first-order chi connectivity index (χ1) is 16.3. The highest BCUT2D eigenvalue weighted by atomic mass is 32.2. The molecule has 2 atom stereocenters. The first-order valence-electron chi connectivity index (χ1n) is 11.4. The summed E-state index contributed by atoms with van der Waals surface area (Å²) in [5.41, 5.74) is -0.224. The number of benzene rings is 2. The number of nitro benzene ring substituents is 1. The predicted molar refractivity (Wildman–Crippen MR) is 128 cm³/mol. The van der Waals surface area contributed by atoms with Crippen molar-refractivity contribution >= 4 is 27.5 Å². The van der Waals surface area contributed by atoms with Crippen molar-refractivity contribution in [3.8, 4) is 0 Å². The molecule has 2 bridgehead atoms. The van der Waals surface area contributed by atoms with Crippen LogP contribution in [0.1, 0.15) is 60.7 Å². The van der Waals surface area contributed by atoms with Gasteiger partial charge in [-0.3, -0.25) is 14.9 Å². The molecule has 2 fully saturated rings. The molecular weight excluding hydrogens is 472 g/mol. The molecule has 1 saturated carbocycles. The molecule has 1 aliphatic heterocycles. The molecule has 0 aromatic heterocycles. The Morgan fingerprint density at radius 2 is 1.77 bits per heavy atom. The first kappa shape index (κ1) is 25.0. The lowest BCUT2D eigenvalue weighted by Gasteiger charge is -2.39.